The van der Waals surface area contributed by atoms with E-state index in [-0.39, 0.29) is 18.6 Å². The second-order valence-electron chi connectivity index (χ2n) is 5.29. The summed E-state index contributed by atoms with van der Waals surface area (Å²) in [6.07, 6.45) is 2.27. The highest BCUT2D eigenvalue weighted by Gasteiger charge is 2.15. The van der Waals surface area contributed by atoms with Gasteiger partial charge in [-0.3, -0.25) is 4.79 Å². The van der Waals surface area contributed by atoms with Crippen molar-refractivity contribution in [2.45, 2.75) is 39.7 Å². The molecule has 1 rings (SSSR count). The SMILES string of the molecule is CC(C)C(C)CNC(=O)COC1CCNCC1. The fourth-order valence-corrected chi connectivity index (χ4v) is 1.72. The normalized spacial score (nSPS) is 19.3. The molecule has 0 bridgehead atoms. The van der Waals surface area contributed by atoms with Gasteiger partial charge in [0, 0.05) is 6.54 Å². The predicted molar refractivity (Wildman–Crippen MR) is 68.9 cm³/mol. The molecule has 0 aliphatic carbocycles. The molecule has 1 unspecified atom stereocenters. The first kappa shape index (κ1) is 14.5. The lowest BCUT2D eigenvalue weighted by molar-refractivity contribution is -0.128. The summed E-state index contributed by atoms with van der Waals surface area (Å²) in [6, 6.07) is 0. The molecule has 0 spiro atoms. The Bertz CT molecular complexity index is 225. The van der Waals surface area contributed by atoms with Crippen molar-refractivity contribution in [3.63, 3.8) is 0 Å². The minimum absolute atomic E-state index is 0.0102. The molecule has 0 aromatic rings. The van der Waals surface area contributed by atoms with Gasteiger partial charge in [-0.05, 0) is 37.8 Å². The highest BCUT2D eigenvalue weighted by molar-refractivity contribution is 5.77. The van der Waals surface area contributed by atoms with Crippen molar-refractivity contribution in [2.24, 2.45) is 11.8 Å². The van der Waals surface area contributed by atoms with E-state index in [0.717, 1.165) is 32.5 Å². The van der Waals surface area contributed by atoms with Crippen LogP contribution in [0.1, 0.15) is 33.6 Å². The van der Waals surface area contributed by atoms with Crippen LogP contribution >= 0.6 is 0 Å². The summed E-state index contributed by atoms with van der Waals surface area (Å²) in [7, 11) is 0. The highest BCUT2D eigenvalue weighted by Crippen LogP contribution is 2.08. The van der Waals surface area contributed by atoms with Crippen molar-refractivity contribution >= 4 is 5.91 Å². The Kier molecular flexibility index (Phi) is 6.52. The number of carbonyl (C=O) groups excluding carboxylic acids is 1. The summed E-state index contributed by atoms with van der Waals surface area (Å²) in [5, 5.41) is 6.20. The van der Waals surface area contributed by atoms with Gasteiger partial charge in [0.05, 0.1) is 6.10 Å². The number of nitrogens with one attached hydrogen (secondary N) is 2. The summed E-state index contributed by atoms with van der Waals surface area (Å²) in [6.45, 7) is 9.43. The zero-order valence-corrected chi connectivity index (χ0v) is 11.3. The Morgan fingerprint density at radius 1 is 1.35 bits per heavy atom. The molecule has 0 radical (unpaired) electrons. The third-order valence-electron chi connectivity index (χ3n) is 3.50. The van der Waals surface area contributed by atoms with Gasteiger partial charge in [0.2, 0.25) is 5.91 Å². The fourth-order valence-electron chi connectivity index (χ4n) is 1.72. The predicted octanol–water partition coefficient (Wildman–Crippen LogP) is 1.16. The quantitative estimate of drug-likeness (QED) is 0.735. The van der Waals surface area contributed by atoms with Gasteiger partial charge in [0.1, 0.15) is 6.61 Å². The number of hydrogen-bond donors (Lipinski definition) is 2. The molecule has 0 saturated carbocycles. The van der Waals surface area contributed by atoms with Gasteiger partial charge in [-0.25, -0.2) is 0 Å². The van der Waals surface area contributed by atoms with Gasteiger partial charge in [0.25, 0.3) is 0 Å². The molecule has 1 atom stereocenters. The van der Waals surface area contributed by atoms with Crippen LogP contribution in [0.3, 0.4) is 0 Å². The zero-order chi connectivity index (χ0) is 12.7. The van der Waals surface area contributed by atoms with Gasteiger partial charge in [-0.2, -0.15) is 0 Å². The van der Waals surface area contributed by atoms with E-state index < -0.39 is 0 Å². The molecule has 0 aromatic heterocycles. The third-order valence-corrected chi connectivity index (χ3v) is 3.50. The molecule has 100 valence electrons. The summed E-state index contributed by atoms with van der Waals surface area (Å²) < 4.78 is 5.59. The second kappa shape index (κ2) is 7.67. The van der Waals surface area contributed by atoms with E-state index in [2.05, 4.69) is 31.4 Å². The Hall–Kier alpha value is -0.610. The number of amides is 1. The van der Waals surface area contributed by atoms with Gasteiger partial charge in [-0.15, -0.1) is 0 Å². The first-order chi connectivity index (χ1) is 8.09. The molecule has 1 saturated heterocycles. The molecule has 1 amide bonds. The summed E-state index contributed by atoms with van der Waals surface area (Å²) >= 11 is 0. The third kappa shape index (κ3) is 6.03. The monoisotopic (exact) mass is 242 g/mol. The average molecular weight is 242 g/mol. The lowest BCUT2D eigenvalue weighted by atomic mass is 9.98. The minimum atomic E-state index is 0.0102. The molecule has 17 heavy (non-hydrogen) atoms. The Morgan fingerprint density at radius 2 is 2.00 bits per heavy atom. The molecule has 4 nitrogen and oxygen atoms in total. The topological polar surface area (TPSA) is 50.4 Å². The molecule has 1 heterocycles. The molecular weight excluding hydrogens is 216 g/mol. The van der Waals surface area contributed by atoms with Crippen molar-refractivity contribution in [3.8, 4) is 0 Å². The maximum atomic E-state index is 11.6. The van der Waals surface area contributed by atoms with Crippen LogP contribution in [0.25, 0.3) is 0 Å². The summed E-state index contributed by atoms with van der Waals surface area (Å²) in [5.41, 5.74) is 0. The van der Waals surface area contributed by atoms with Crippen LogP contribution in [0.15, 0.2) is 0 Å². The largest absolute Gasteiger partial charge is 0.368 e. The molecule has 0 aromatic carbocycles. The van der Waals surface area contributed by atoms with Crippen LogP contribution < -0.4 is 10.6 Å². The van der Waals surface area contributed by atoms with Crippen LogP contribution in [0.2, 0.25) is 0 Å². The van der Waals surface area contributed by atoms with Crippen LogP contribution in [-0.2, 0) is 9.53 Å². The maximum absolute atomic E-state index is 11.6. The standard InChI is InChI=1S/C13H26N2O2/c1-10(2)11(3)8-15-13(16)9-17-12-4-6-14-7-5-12/h10-12,14H,4-9H2,1-3H3,(H,15,16). The molecule has 4 heteroatoms. The molecule has 1 fully saturated rings. The van der Waals surface area contributed by atoms with Gasteiger partial charge >= 0.3 is 0 Å². The van der Waals surface area contributed by atoms with E-state index in [9.17, 15) is 4.79 Å². The lowest BCUT2D eigenvalue weighted by Crippen LogP contribution is -2.37. The average Bonchev–Trinajstić information content (AvgIpc) is 2.34. The number of carbonyl (C=O) groups is 1. The van der Waals surface area contributed by atoms with Crippen molar-refractivity contribution < 1.29 is 9.53 Å². The first-order valence-electron chi connectivity index (χ1n) is 6.68. The Morgan fingerprint density at radius 3 is 2.59 bits per heavy atom. The van der Waals surface area contributed by atoms with Crippen LogP contribution in [-0.4, -0.2) is 38.3 Å². The summed E-state index contributed by atoms with van der Waals surface area (Å²) in [5.74, 6) is 1.12. The molecule has 1 aliphatic heterocycles. The van der Waals surface area contributed by atoms with E-state index in [0.29, 0.717) is 11.8 Å². The Balaban J connectivity index is 2.08. The molecular formula is C13H26N2O2. The van der Waals surface area contributed by atoms with Crippen LogP contribution in [0.5, 0.6) is 0 Å². The van der Waals surface area contributed by atoms with E-state index >= 15 is 0 Å². The number of ether oxygens (including phenoxy) is 1. The first-order valence-corrected chi connectivity index (χ1v) is 6.68. The van der Waals surface area contributed by atoms with Crippen molar-refractivity contribution in [1.29, 1.82) is 0 Å². The zero-order valence-electron chi connectivity index (χ0n) is 11.3. The van der Waals surface area contributed by atoms with E-state index in [1.807, 2.05) is 0 Å². The van der Waals surface area contributed by atoms with Crippen LogP contribution in [0, 0.1) is 11.8 Å². The number of rotatable bonds is 6. The highest BCUT2D eigenvalue weighted by atomic mass is 16.5. The smallest absolute Gasteiger partial charge is 0.246 e. The van der Waals surface area contributed by atoms with E-state index in [1.54, 1.807) is 0 Å². The van der Waals surface area contributed by atoms with Crippen molar-refractivity contribution in [3.05, 3.63) is 0 Å². The van der Waals surface area contributed by atoms with Gasteiger partial charge < -0.3 is 15.4 Å². The van der Waals surface area contributed by atoms with Crippen molar-refractivity contribution in [1.82, 2.24) is 10.6 Å². The van der Waals surface area contributed by atoms with E-state index in [4.69, 9.17) is 4.74 Å². The maximum Gasteiger partial charge on any atom is 0.246 e. The van der Waals surface area contributed by atoms with E-state index in [1.165, 1.54) is 0 Å². The number of piperidine rings is 1. The molecule has 2 N–H and O–H groups in total. The second-order valence-corrected chi connectivity index (χ2v) is 5.29. The lowest BCUT2D eigenvalue weighted by Gasteiger charge is -2.23. The minimum Gasteiger partial charge on any atom is -0.368 e. The number of hydrogen-bond acceptors (Lipinski definition) is 3. The van der Waals surface area contributed by atoms with Gasteiger partial charge in [-0.1, -0.05) is 20.8 Å². The fraction of sp³-hybridized carbons (Fsp3) is 0.923. The van der Waals surface area contributed by atoms with Gasteiger partial charge in [0.15, 0.2) is 0 Å². The molecule has 1 aliphatic rings. The summed E-state index contributed by atoms with van der Waals surface area (Å²) in [4.78, 5) is 11.6. The Labute approximate surface area is 104 Å². The van der Waals surface area contributed by atoms with Crippen LogP contribution in [0.4, 0.5) is 0 Å². The van der Waals surface area contributed by atoms with Crippen molar-refractivity contribution in [2.75, 3.05) is 26.2 Å².